The van der Waals surface area contributed by atoms with Crippen molar-refractivity contribution >= 4 is 11.6 Å². The van der Waals surface area contributed by atoms with Crippen LogP contribution >= 0.6 is 0 Å². The van der Waals surface area contributed by atoms with Gasteiger partial charge in [0.15, 0.2) is 0 Å². The van der Waals surface area contributed by atoms with Crippen molar-refractivity contribution < 1.29 is 18.9 Å². The van der Waals surface area contributed by atoms with Crippen molar-refractivity contribution in [2.75, 3.05) is 56.8 Å². The van der Waals surface area contributed by atoms with Crippen molar-refractivity contribution in [1.29, 1.82) is 0 Å². The van der Waals surface area contributed by atoms with Gasteiger partial charge in [0.2, 0.25) is 11.8 Å². The maximum Gasteiger partial charge on any atom is 0.215 e. The quantitative estimate of drug-likeness (QED) is 0.279. The molecule has 0 aromatic carbocycles. The third-order valence-corrected chi connectivity index (χ3v) is 14.5. The van der Waals surface area contributed by atoms with Crippen LogP contribution in [-0.4, -0.2) is 62.2 Å². The van der Waals surface area contributed by atoms with Crippen LogP contribution in [0.25, 0.3) is 0 Å². The predicted octanol–water partition coefficient (Wildman–Crippen LogP) is 9.81. The van der Waals surface area contributed by atoms with Crippen LogP contribution in [0.4, 0.5) is 11.6 Å². The summed E-state index contributed by atoms with van der Waals surface area (Å²) in [5.74, 6) is 8.27. The maximum atomic E-state index is 6.63. The van der Waals surface area contributed by atoms with Crippen LogP contribution in [0.5, 0.6) is 11.8 Å². The molecule has 4 fully saturated rings. The third-order valence-electron chi connectivity index (χ3n) is 14.5. The molecule has 4 saturated carbocycles. The normalized spacial score (nSPS) is 37.0. The van der Waals surface area contributed by atoms with E-state index < -0.39 is 0 Å². The standard InChI is InChI=1S/C44H68N4O4/c1-32-11-8-30-51-41-14-6-12-39(47-41)45-24-9-28-49-26-4-5-27-50-29-10-25-46-40-13-7-15-42(48-40)52-34-20-22-43(2)33(31-34)16-17-35-37-19-18-36(32)44(37,3)23-21-38(35)43/h6-7,12-15,32-38H,4-5,8-11,16-31H2,1-3H3,(H,45,47)(H,46,48)/t32-,33-,34+,35+,36-,37+,38+,43+,44-/m1/s1. The Hall–Kier alpha value is -2.58. The maximum absolute atomic E-state index is 6.63. The molecule has 3 aliphatic heterocycles. The van der Waals surface area contributed by atoms with Gasteiger partial charge in [-0.05, 0) is 155 Å². The van der Waals surface area contributed by atoms with E-state index in [9.17, 15) is 0 Å². The number of rotatable bonds is 0. The Balaban J connectivity index is 0.970. The number of fused-ring (bicyclic) bond motifs is 1. The number of pyridine rings is 2. The van der Waals surface area contributed by atoms with Crippen molar-refractivity contribution in [2.45, 2.75) is 123 Å². The fraction of sp³-hybridized carbons (Fsp3) is 0.773. The molecule has 9 atom stereocenters. The van der Waals surface area contributed by atoms with E-state index in [4.69, 9.17) is 28.9 Å². The summed E-state index contributed by atoms with van der Waals surface area (Å²) in [6, 6.07) is 12.2. The van der Waals surface area contributed by atoms with Crippen LogP contribution in [0.2, 0.25) is 0 Å². The van der Waals surface area contributed by atoms with Crippen molar-refractivity contribution in [3.05, 3.63) is 36.4 Å². The molecule has 12 bridgehead atoms. The first-order valence-corrected chi connectivity index (χ1v) is 21.3. The Kier molecular flexibility index (Phi) is 12.8. The highest BCUT2D eigenvalue weighted by Crippen LogP contribution is 2.68. The summed E-state index contributed by atoms with van der Waals surface area (Å²) >= 11 is 0. The third kappa shape index (κ3) is 8.86. The lowest BCUT2D eigenvalue weighted by atomic mass is 9.44. The van der Waals surface area contributed by atoms with Crippen LogP contribution in [0.3, 0.4) is 0 Å². The van der Waals surface area contributed by atoms with Gasteiger partial charge in [0.05, 0.1) is 6.61 Å². The fourth-order valence-electron chi connectivity index (χ4n) is 11.8. The van der Waals surface area contributed by atoms with E-state index in [1.54, 1.807) is 0 Å². The van der Waals surface area contributed by atoms with E-state index in [0.717, 1.165) is 144 Å². The molecule has 288 valence electrons. The lowest BCUT2D eigenvalue weighted by Crippen LogP contribution is -2.54. The molecule has 2 aromatic rings. The molecule has 0 radical (unpaired) electrons. The average Bonchev–Trinajstić information content (AvgIpc) is 3.51. The molecule has 9 rings (SSSR count). The molecule has 7 aliphatic rings. The Labute approximate surface area is 314 Å². The van der Waals surface area contributed by atoms with Gasteiger partial charge in [-0.3, -0.25) is 0 Å². The summed E-state index contributed by atoms with van der Waals surface area (Å²) in [7, 11) is 0. The molecular formula is C44H68N4O4. The molecule has 0 amide bonds. The highest BCUT2D eigenvalue weighted by Gasteiger charge is 2.60. The SMILES string of the molecule is C[C@@H]1CCCOc2cccc(n2)NCCCOCCCCOCCCNc2cccc(n2)O[C@H]2CC[C@@]3(C)[C@H](CC[C@@H]4[C@@H]3CC[C@]3(C)[C@@H]1CC[C@@H]43)C2. The molecule has 8 nitrogen and oxygen atoms in total. The van der Waals surface area contributed by atoms with Gasteiger partial charge in [-0.15, -0.1) is 0 Å². The second kappa shape index (κ2) is 17.7. The van der Waals surface area contributed by atoms with Crippen LogP contribution in [0.15, 0.2) is 36.4 Å². The van der Waals surface area contributed by atoms with E-state index in [0.29, 0.717) is 10.8 Å². The zero-order chi connectivity index (χ0) is 35.8. The number of hydrogen-bond acceptors (Lipinski definition) is 8. The molecule has 2 aromatic heterocycles. The summed E-state index contributed by atoms with van der Waals surface area (Å²) < 4.78 is 24.5. The Morgan fingerprint density at radius 2 is 1.25 bits per heavy atom. The largest absolute Gasteiger partial charge is 0.478 e. The molecule has 0 spiro atoms. The summed E-state index contributed by atoms with van der Waals surface area (Å²) in [4.78, 5) is 9.57. The minimum Gasteiger partial charge on any atom is -0.478 e. The number of nitrogens with zero attached hydrogens (tertiary/aromatic N) is 2. The highest BCUT2D eigenvalue weighted by atomic mass is 16.5. The molecule has 2 N–H and O–H groups in total. The summed E-state index contributed by atoms with van der Waals surface area (Å²) in [6.45, 7) is 13.4. The van der Waals surface area contributed by atoms with Crippen molar-refractivity contribution in [2.24, 2.45) is 46.3 Å². The number of nitrogens with one attached hydrogen (secondary N) is 2. The Morgan fingerprint density at radius 1 is 0.615 bits per heavy atom. The molecule has 52 heavy (non-hydrogen) atoms. The van der Waals surface area contributed by atoms with Crippen LogP contribution < -0.4 is 20.1 Å². The minimum atomic E-state index is 0.273. The van der Waals surface area contributed by atoms with Crippen LogP contribution in [0, 0.1) is 46.3 Å². The molecule has 0 saturated heterocycles. The monoisotopic (exact) mass is 717 g/mol. The van der Waals surface area contributed by atoms with Crippen molar-refractivity contribution in [3.63, 3.8) is 0 Å². The van der Waals surface area contributed by atoms with Gasteiger partial charge < -0.3 is 29.6 Å². The Bertz CT molecular complexity index is 1410. The van der Waals surface area contributed by atoms with E-state index >= 15 is 0 Å². The van der Waals surface area contributed by atoms with E-state index in [2.05, 4.69) is 37.5 Å². The fourth-order valence-corrected chi connectivity index (χ4v) is 11.8. The highest BCUT2D eigenvalue weighted by molar-refractivity contribution is 5.37. The molecular weight excluding hydrogens is 649 g/mol. The molecule has 4 aliphatic carbocycles. The zero-order valence-corrected chi connectivity index (χ0v) is 32.6. The van der Waals surface area contributed by atoms with Gasteiger partial charge in [0.25, 0.3) is 0 Å². The first-order chi connectivity index (χ1) is 25.4. The molecule has 5 heterocycles. The summed E-state index contributed by atoms with van der Waals surface area (Å²) in [6.07, 6.45) is 18.6. The van der Waals surface area contributed by atoms with Crippen LogP contribution in [0.1, 0.15) is 117 Å². The second-order valence-corrected chi connectivity index (χ2v) is 17.6. The Morgan fingerprint density at radius 3 is 2.00 bits per heavy atom. The van der Waals surface area contributed by atoms with Gasteiger partial charge in [0, 0.05) is 51.6 Å². The number of hydrogen-bond donors (Lipinski definition) is 2. The topological polar surface area (TPSA) is 86.8 Å². The second-order valence-electron chi connectivity index (χ2n) is 17.6. The minimum absolute atomic E-state index is 0.273. The molecule has 8 heteroatoms. The molecule has 0 unspecified atom stereocenters. The van der Waals surface area contributed by atoms with E-state index in [-0.39, 0.29) is 6.10 Å². The summed E-state index contributed by atoms with van der Waals surface area (Å²) in [5, 5.41) is 6.93. The lowest BCUT2D eigenvalue weighted by molar-refractivity contribution is -0.127. The van der Waals surface area contributed by atoms with Gasteiger partial charge in [0.1, 0.15) is 17.7 Å². The van der Waals surface area contributed by atoms with E-state index in [1.165, 1.54) is 57.8 Å². The lowest BCUT2D eigenvalue weighted by Gasteiger charge is -2.61. The first-order valence-electron chi connectivity index (χ1n) is 21.3. The van der Waals surface area contributed by atoms with Gasteiger partial charge in [-0.2, -0.15) is 9.97 Å². The predicted molar refractivity (Wildman–Crippen MR) is 209 cm³/mol. The number of ether oxygens (including phenoxy) is 4. The van der Waals surface area contributed by atoms with Crippen molar-refractivity contribution in [1.82, 2.24) is 9.97 Å². The van der Waals surface area contributed by atoms with Gasteiger partial charge in [-0.1, -0.05) is 32.9 Å². The first kappa shape index (κ1) is 37.7. The van der Waals surface area contributed by atoms with E-state index in [1.807, 2.05) is 30.3 Å². The van der Waals surface area contributed by atoms with Gasteiger partial charge in [-0.25, -0.2) is 0 Å². The average molecular weight is 717 g/mol. The smallest absolute Gasteiger partial charge is 0.215 e. The van der Waals surface area contributed by atoms with Crippen molar-refractivity contribution in [3.8, 4) is 11.8 Å². The summed E-state index contributed by atoms with van der Waals surface area (Å²) in [5.41, 5.74) is 0.945. The van der Waals surface area contributed by atoms with Gasteiger partial charge >= 0.3 is 0 Å². The van der Waals surface area contributed by atoms with Crippen LogP contribution in [-0.2, 0) is 9.47 Å². The number of aromatic nitrogens is 2. The number of anilines is 2. The zero-order valence-electron chi connectivity index (χ0n) is 32.6.